The second-order valence-electron chi connectivity index (χ2n) is 4.94. The smallest absolute Gasteiger partial charge is 0.417 e. The number of anilines is 1. The van der Waals surface area contributed by atoms with Crippen molar-refractivity contribution in [3.8, 4) is 0 Å². The number of hydrogen-bond acceptors (Lipinski definition) is 4. The fraction of sp³-hybridized carbons (Fsp3) is 0.538. The molecule has 1 aliphatic rings. The van der Waals surface area contributed by atoms with Crippen molar-refractivity contribution in [2.75, 3.05) is 31.1 Å². The Hall–Kier alpha value is -1.83. The molecule has 0 radical (unpaired) electrons. The van der Waals surface area contributed by atoms with Gasteiger partial charge in [-0.1, -0.05) is 0 Å². The van der Waals surface area contributed by atoms with Gasteiger partial charge in [0.25, 0.3) is 0 Å². The highest BCUT2D eigenvalue weighted by molar-refractivity contribution is 5.72. The molecule has 1 aromatic heterocycles. The minimum Gasteiger partial charge on any atom is -0.480 e. The maximum absolute atomic E-state index is 12.5. The van der Waals surface area contributed by atoms with Gasteiger partial charge in [0.15, 0.2) is 0 Å². The van der Waals surface area contributed by atoms with Gasteiger partial charge in [0.05, 0.1) is 5.56 Å². The summed E-state index contributed by atoms with van der Waals surface area (Å²) in [4.78, 5) is 18.4. The lowest BCUT2D eigenvalue weighted by Crippen LogP contribution is -2.51. The van der Waals surface area contributed by atoms with Crippen LogP contribution in [0.1, 0.15) is 12.5 Å². The lowest BCUT2D eigenvalue weighted by molar-refractivity contribution is -0.142. The number of pyridine rings is 1. The number of aliphatic carboxylic acids is 1. The topological polar surface area (TPSA) is 56.7 Å². The number of piperazine rings is 1. The minimum absolute atomic E-state index is 0.477. The van der Waals surface area contributed by atoms with E-state index in [1.807, 2.05) is 9.80 Å². The van der Waals surface area contributed by atoms with E-state index in [-0.39, 0.29) is 0 Å². The van der Waals surface area contributed by atoms with E-state index in [9.17, 15) is 18.0 Å². The van der Waals surface area contributed by atoms with Gasteiger partial charge in [-0.05, 0) is 19.1 Å². The van der Waals surface area contributed by atoms with E-state index < -0.39 is 23.8 Å². The van der Waals surface area contributed by atoms with Crippen molar-refractivity contribution in [1.82, 2.24) is 9.88 Å². The van der Waals surface area contributed by atoms with E-state index in [0.717, 1.165) is 12.3 Å². The molecule has 1 atom stereocenters. The Labute approximate surface area is 120 Å². The van der Waals surface area contributed by atoms with Gasteiger partial charge in [0.2, 0.25) is 0 Å². The molecule has 0 aliphatic carbocycles. The second-order valence-corrected chi connectivity index (χ2v) is 4.94. The number of carbonyl (C=O) groups is 1. The Kier molecular flexibility index (Phi) is 4.36. The van der Waals surface area contributed by atoms with E-state index >= 15 is 0 Å². The molecule has 116 valence electrons. The van der Waals surface area contributed by atoms with Gasteiger partial charge < -0.3 is 10.0 Å². The molecule has 0 bridgehead atoms. The quantitative estimate of drug-likeness (QED) is 0.921. The number of alkyl halides is 3. The summed E-state index contributed by atoms with van der Waals surface area (Å²) in [6.45, 7) is 3.77. The maximum Gasteiger partial charge on any atom is 0.417 e. The van der Waals surface area contributed by atoms with Crippen LogP contribution in [-0.2, 0) is 11.0 Å². The third-order valence-corrected chi connectivity index (χ3v) is 3.62. The summed E-state index contributed by atoms with van der Waals surface area (Å²) in [7, 11) is 0. The highest BCUT2D eigenvalue weighted by Crippen LogP contribution is 2.29. The van der Waals surface area contributed by atoms with Gasteiger partial charge in [-0.2, -0.15) is 13.2 Å². The summed E-state index contributed by atoms with van der Waals surface area (Å²) in [5.74, 6) is -0.401. The van der Waals surface area contributed by atoms with Gasteiger partial charge in [0.1, 0.15) is 11.9 Å². The molecule has 0 saturated carbocycles. The third kappa shape index (κ3) is 3.63. The van der Waals surface area contributed by atoms with Crippen LogP contribution in [0.2, 0.25) is 0 Å². The molecule has 0 spiro atoms. The van der Waals surface area contributed by atoms with Crippen LogP contribution in [0.4, 0.5) is 19.0 Å². The third-order valence-electron chi connectivity index (χ3n) is 3.62. The van der Waals surface area contributed by atoms with Crippen molar-refractivity contribution < 1.29 is 23.1 Å². The first-order valence-electron chi connectivity index (χ1n) is 6.54. The molecule has 0 unspecified atom stereocenters. The summed E-state index contributed by atoms with van der Waals surface area (Å²) in [5, 5.41) is 8.95. The van der Waals surface area contributed by atoms with Gasteiger partial charge >= 0.3 is 12.1 Å². The fourth-order valence-corrected chi connectivity index (χ4v) is 2.24. The van der Waals surface area contributed by atoms with E-state index in [4.69, 9.17) is 5.11 Å². The summed E-state index contributed by atoms with van der Waals surface area (Å²) in [5.41, 5.74) is -0.774. The van der Waals surface area contributed by atoms with Gasteiger partial charge in [-0.15, -0.1) is 0 Å². The summed E-state index contributed by atoms with van der Waals surface area (Å²) >= 11 is 0. The minimum atomic E-state index is -4.39. The Balaban J connectivity index is 1.98. The highest BCUT2D eigenvalue weighted by Gasteiger charge is 2.31. The highest BCUT2D eigenvalue weighted by atomic mass is 19.4. The van der Waals surface area contributed by atoms with E-state index in [2.05, 4.69) is 4.98 Å². The predicted molar refractivity (Wildman–Crippen MR) is 70.1 cm³/mol. The molecular formula is C13H16F3N3O2. The van der Waals surface area contributed by atoms with E-state index in [1.54, 1.807) is 6.92 Å². The van der Waals surface area contributed by atoms with Crippen LogP contribution in [-0.4, -0.2) is 53.2 Å². The zero-order valence-electron chi connectivity index (χ0n) is 11.5. The Morgan fingerprint density at radius 3 is 2.33 bits per heavy atom. The van der Waals surface area contributed by atoms with Crippen molar-refractivity contribution >= 4 is 11.8 Å². The molecule has 1 aliphatic heterocycles. The van der Waals surface area contributed by atoms with E-state index in [0.29, 0.717) is 32.0 Å². The van der Waals surface area contributed by atoms with Crippen LogP contribution in [0.15, 0.2) is 18.3 Å². The van der Waals surface area contributed by atoms with Crippen LogP contribution in [0.3, 0.4) is 0 Å². The van der Waals surface area contributed by atoms with Gasteiger partial charge in [0, 0.05) is 32.4 Å². The zero-order chi connectivity index (χ0) is 15.6. The predicted octanol–water partition coefficient (Wildman–Crippen LogP) is 1.70. The first-order valence-corrected chi connectivity index (χ1v) is 6.54. The average molecular weight is 303 g/mol. The van der Waals surface area contributed by atoms with Crippen LogP contribution in [0.5, 0.6) is 0 Å². The standard InChI is InChI=1S/C13H16F3N3O2/c1-9(12(20)21)18-4-6-19(7-5-18)11-3-2-10(8-17-11)13(14,15)16/h2-3,8-9H,4-7H2,1H3,(H,20,21)/t9-/m0/s1. The summed E-state index contributed by atoms with van der Waals surface area (Å²) in [6, 6.07) is 1.79. The largest absolute Gasteiger partial charge is 0.480 e. The molecule has 1 saturated heterocycles. The van der Waals surface area contributed by atoms with E-state index in [1.165, 1.54) is 6.07 Å². The lowest BCUT2D eigenvalue weighted by Gasteiger charge is -2.37. The number of carboxylic acids is 1. The normalized spacial score (nSPS) is 18.6. The molecule has 0 aromatic carbocycles. The molecule has 2 heterocycles. The molecule has 21 heavy (non-hydrogen) atoms. The Morgan fingerprint density at radius 1 is 1.29 bits per heavy atom. The number of halogens is 3. The molecule has 1 N–H and O–H groups in total. The van der Waals surface area contributed by atoms with Crippen molar-refractivity contribution in [1.29, 1.82) is 0 Å². The zero-order valence-corrected chi connectivity index (χ0v) is 11.5. The maximum atomic E-state index is 12.5. The van der Waals surface area contributed by atoms with Crippen LogP contribution in [0.25, 0.3) is 0 Å². The molecule has 1 aromatic rings. The number of aromatic nitrogens is 1. The van der Waals surface area contributed by atoms with Crippen LogP contribution >= 0.6 is 0 Å². The van der Waals surface area contributed by atoms with Gasteiger partial charge in [-0.3, -0.25) is 9.69 Å². The Bertz CT molecular complexity index is 496. The number of carboxylic acid groups (broad SMARTS) is 1. The number of nitrogens with zero attached hydrogens (tertiary/aromatic N) is 3. The summed E-state index contributed by atoms with van der Waals surface area (Å²) in [6.07, 6.45) is -3.57. The van der Waals surface area contributed by atoms with Gasteiger partial charge in [-0.25, -0.2) is 4.98 Å². The monoisotopic (exact) mass is 303 g/mol. The van der Waals surface area contributed by atoms with Crippen molar-refractivity contribution in [2.24, 2.45) is 0 Å². The first kappa shape index (κ1) is 15.6. The van der Waals surface area contributed by atoms with Crippen LogP contribution in [0, 0.1) is 0 Å². The Morgan fingerprint density at radius 2 is 1.90 bits per heavy atom. The second kappa shape index (κ2) is 5.88. The van der Waals surface area contributed by atoms with Crippen molar-refractivity contribution in [3.63, 3.8) is 0 Å². The molecule has 8 heteroatoms. The lowest BCUT2D eigenvalue weighted by atomic mass is 10.2. The fourth-order valence-electron chi connectivity index (χ4n) is 2.24. The summed E-state index contributed by atoms with van der Waals surface area (Å²) < 4.78 is 37.4. The van der Waals surface area contributed by atoms with Crippen molar-refractivity contribution in [3.05, 3.63) is 23.9 Å². The number of rotatable bonds is 3. The molecule has 2 rings (SSSR count). The van der Waals surface area contributed by atoms with Crippen molar-refractivity contribution in [2.45, 2.75) is 19.1 Å². The molecule has 5 nitrogen and oxygen atoms in total. The average Bonchev–Trinajstić information content (AvgIpc) is 2.46. The molecular weight excluding hydrogens is 287 g/mol. The molecule has 1 fully saturated rings. The van der Waals surface area contributed by atoms with Crippen LogP contribution < -0.4 is 4.90 Å². The SMILES string of the molecule is C[C@@H](C(=O)O)N1CCN(c2ccc(C(F)(F)F)cn2)CC1. The first-order chi connectivity index (χ1) is 9.79. The molecule has 0 amide bonds. The number of hydrogen-bond donors (Lipinski definition) is 1.